The summed E-state index contributed by atoms with van der Waals surface area (Å²) < 4.78 is 10.3. The van der Waals surface area contributed by atoms with Gasteiger partial charge in [-0.3, -0.25) is 9.59 Å². The number of ether oxygens (including phenoxy) is 2. The van der Waals surface area contributed by atoms with Gasteiger partial charge in [-0.1, -0.05) is 0 Å². The summed E-state index contributed by atoms with van der Waals surface area (Å²) in [4.78, 5) is 24.8. The van der Waals surface area contributed by atoms with Crippen LogP contribution in [0.3, 0.4) is 0 Å². The molecule has 1 fully saturated rings. The number of aliphatic carboxylic acids is 1. The van der Waals surface area contributed by atoms with Crippen LogP contribution in [0.25, 0.3) is 0 Å². The third-order valence-electron chi connectivity index (χ3n) is 3.67. The molecule has 0 bridgehead atoms. The average molecular weight is 293 g/mol. The highest BCUT2D eigenvalue weighted by atomic mass is 16.5. The van der Waals surface area contributed by atoms with Crippen LogP contribution in [0.15, 0.2) is 18.2 Å². The van der Waals surface area contributed by atoms with Crippen LogP contribution in [-0.2, 0) is 4.79 Å². The van der Waals surface area contributed by atoms with Crippen molar-refractivity contribution in [3.63, 3.8) is 0 Å². The Morgan fingerprint density at radius 2 is 2.00 bits per heavy atom. The molecule has 1 aliphatic rings. The van der Waals surface area contributed by atoms with Crippen LogP contribution in [-0.4, -0.2) is 49.2 Å². The summed E-state index contributed by atoms with van der Waals surface area (Å²) in [5.41, 5.74) is 0.517. The molecule has 1 aliphatic heterocycles. The first kappa shape index (κ1) is 15.2. The van der Waals surface area contributed by atoms with Gasteiger partial charge in [-0.05, 0) is 30.5 Å². The Kier molecular flexibility index (Phi) is 4.67. The largest absolute Gasteiger partial charge is 0.493 e. The van der Waals surface area contributed by atoms with E-state index in [0.29, 0.717) is 30.2 Å². The van der Waals surface area contributed by atoms with E-state index in [1.807, 2.05) is 0 Å². The number of benzene rings is 1. The van der Waals surface area contributed by atoms with Gasteiger partial charge in [0.2, 0.25) is 0 Å². The molecule has 1 heterocycles. The van der Waals surface area contributed by atoms with Gasteiger partial charge in [0, 0.05) is 25.1 Å². The third kappa shape index (κ3) is 3.45. The van der Waals surface area contributed by atoms with Crippen molar-refractivity contribution in [1.29, 1.82) is 0 Å². The molecule has 0 aromatic heterocycles. The molecule has 0 spiro atoms. The molecule has 1 amide bonds. The molecule has 2 rings (SSSR count). The van der Waals surface area contributed by atoms with E-state index in [1.54, 1.807) is 23.1 Å². The van der Waals surface area contributed by atoms with E-state index in [2.05, 4.69) is 0 Å². The first-order chi connectivity index (χ1) is 10.0. The van der Waals surface area contributed by atoms with Gasteiger partial charge in [-0.15, -0.1) is 0 Å². The van der Waals surface area contributed by atoms with E-state index in [9.17, 15) is 9.59 Å². The van der Waals surface area contributed by atoms with E-state index in [0.717, 1.165) is 6.42 Å². The first-order valence-electron chi connectivity index (χ1n) is 6.78. The second-order valence-corrected chi connectivity index (χ2v) is 5.07. The molecule has 0 saturated carbocycles. The number of rotatable bonds is 5. The molecular weight excluding hydrogens is 274 g/mol. The molecule has 1 aromatic carbocycles. The summed E-state index contributed by atoms with van der Waals surface area (Å²) in [7, 11) is 3.06. The van der Waals surface area contributed by atoms with Crippen LogP contribution in [0, 0.1) is 5.92 Å². The van der Waals surface area contributed by atoms with Crippen molar-refractivity contribution in [1.82, 2.24) is 4.90 Å². The molecule has 6 heteroatoms. The highest BCUT2D eigenvalue weighted by Gasteiger charge is 2.28. The fourth-order valence-corrected chi connectivity index (χ4v) is 2.58. The van der Waals surface area contributed by atoms with Gasteiger partial charge in [0.25, 0.3) is 5.91 Å². The number of methoxy groups -OCH3 is 2. The maximum Gasteiger partial charge on any atom is 0.303 e. The molecule has 6 nitrogen and oxygen atoms in total. The maximum atomic E-state index is 12.4. The fourth-order valence-electron chi connectivity index (χ4n) is 2.58. The molecule has 1 atom stereocenters. The number of carboxylic acid groups (broad SMARTS) is 1. The van der Waals surface area contributed by atoms with Crippen LogP contribution in [0.2, 0.25) is 0 Å². The van der Waals surface area contributed by atoms with Crippen LogP contribution in [0.1, 0.15) is 23.2 Å². The van der Waals surface area contributed by atoms with Gasteiger partial charge < -0.3 is 19.5 Å². The van der Waals surface area contributed by atoms with Gasteiger partial charge >= 0.3 is 5.97 Å². The van der Waals surface area contributed by atoms with Gasteiger partial charge in [-0.25, -0.2) is 0 Å². The number of likely N-dealkylation sites (tertiary alicyclic amines) is 1. The van der Waals surface area contributed by atoms with Gasteiger partial charge in [0.05, 0.1) is 14.2 Å². The smallest absolute Gasteiger partial charge is 0.303 e. The molecular formula is C15H19NO5. The average Bonchev–Trinajstić information content (AvgIpc) is 2.93. The van der Waals surface area contributed by atoms with Crippen molar-refractivity contribution in [2.75, 3.05) is 27.3 Å². The number of hydrogen-bond acceptors (Lipinski definition) is 4. The SMILES string of the molecule is COc1ccc(C(=O)N2CCC(CC(=O)O)C2)cc1OC. The van der Waals surface area contributed by atoms with Crippen LogP contribution < -0.4 is 9.47 Å². The first-order valence-corrected chi connectivity index (χ1v) is 6.78. The summed E-state index contributed by atoms with van der Waals surface area (Å²) in [5.74, 6) is 0.180. The fraction of sp³-hybridized carbons (Fsp3) is 0.467. The number of carbonyl (C=O) groups excluding carboxylic acids is 1. The molecule has 1 unspecified atom stereocenters. The minimum Gasteiger partial charge on any atom is -0.493 e. The Balaban J connectivity index is 2.09. The minimum atomic E-state index is -0.819. The van der Waals surface area contributed by atoms with Gasteiger partial charge in [0.1, 0.15) is 0 Å². The Morgan fingerprint density at radius 3 is 2.62 bits per heavy atom. The summed E-state index contributed by atoms with van der Waals surface area (Å²) in [6.45, 7) is 1.07. The zero-order valence-corrected chi connectivity index (χ0v) is 12.2. The van der Waals surface area contributed by atoms with E-state index in [-0.39, 0.29) is 18.2 Å². The lowest BCUT2D eigenvalue weighted by Gasteiger charge is -2.17. The molecule has 0 radical (unpaired) electrons. The molecule has 1 N–H and O–H groups in total. The monoisotopic (exact) mass is 293 g/mol. The van der Waals surface area contributed by atoms with Crippen molar-refractivity contribution < 1.29 is 24.2 Å². The lowest BCUT2D eigenvalue weighted by molar-refractivity contribution is -0.138. The van der Waals surface area contributed by atoms with Crippen molar-refractivity contribution in [2.24, 2.45) is 5.92 Å². The second-order valence-electron chi connectivity index (χ2n) is 5.07. The number of nitrogens with zero attached hydrogens (tertiary/aromatic N) is 1. The normalized spacial score (nSPS) is 17.6. The highest BCUT2D eigenvalue weighted by Crippen LogP contribution is 2.29. The molecule has 21 heavy (non-hydrogen) atoms. The van der Waals surface area contributed by atoms with Crippen molar-refractivity contribution in [3.05, 3.63) is 23.8 Å². The van der Waals surface area contributed by atoms with E-state index in [4.69, 9.17) is 14.6 Å². The Hall–Kier alpha value is -2.24. The predicted octanol–water partition coefficient (Wildman–Crippen LogP) is 1.64. The lowest BCUT2D eigenvalue weighted by atomic mass is 10.1. The molecule has 114 valence electrons. The van der Waals surface area contributed by atoms with Crippen LogP contribution in [0.4, 0.5) is 0 Å². The molecule has 1 aromatic rings. The third-order valence-corrected chi connectivity index (χ3v) is 3.67. The van der Waals surface area contributed by atoms with Crippen molar-refractivity contribution in [3.8, 4) is 11.5 Å². The Morgan fingerprint density at radius 1 is 1.29 bits per heavy atom. The summed E-state index contributed by atoms with van der Waals surface area (Å²) in [5, 5.41) is 8.81. The standard InChI is InChI=1S/C15H19NO5/c1-20-12-4-3-11(8-13(12)21-2)15(19)16-6-5-10(9-16)7-14(17)18/h3-4,8,10H,5-7,9H2,1-2H3,(H,17,18). The maximum absolute atomic E-state index is 12.4. The topological polar surface area (TPSA) is 76.1 Å². The highest BCUT2D eigenvalue weighted by molar-refractivity contribution is 5.95. The molecule has 0 aliphatic carbocycles. The zero-order valence-electron chi connectivity index (χ0n) is 12.2. The summed E-state index contributed by atoms with van der Waals surface area (Å²) in [6.07, 6.45) is 0.834. The molecule has 1 saturated heterocycles. The van der Waals surface area contributed by atoms with E-state index < -0.39 is 5.97 Å². The predicted molar refractivity (Wildman–Crippen MR) is 75.8 cm³/mol. The van der Waals surface area contributed by atoms with Crippen LogP contribution >= 0.6 is 0 Å². The van der Waals surface area contributed by atoms with Crippen molar-refractivity contribution >= 4 is 11.9 Å². The van der Waals surface area contributed by atoms with Gasteiger partial charge in [0.15, 0.2) is 11.5 Å². The van der Waals surface area contributed by atoms with E-state index >= 15 is 0 Å². The van der Waals surface area contributed by atoms with Crippen LogP contribution in [0.5, 0.6) is 11.5 Å². The number of hydrogen-bond donors (Lipinski definition) is 1. The van der Waals surface area contributed by atoms with Gasteiger partial charge in [-0.2, -0.15) is 0 Å². The zero-order chi connectivity index (χ0) is 15.4. The summed E-state index contributed by atoms with van der Waals surface area (Å²) >= 11 is 0. The quantitative estimate of drug-likeness (QED) is 0.893. The lowest BCUT2D eigenvalue weighted by Crippen LogP contribution is -2.29. The Bertz CT molecular complexity index is 543. The number of carboxylic acids is 1. The minimum absolute atomic E-state index is 0.0339. The van der Waals surface area contributed by atoms with E-state index in [1.165, 1.54) is 14.2 Å². The Labute approximate surface area is 123 Å². The number of amides is 1. The summed E-state index contributed by atoms with van der Waals surface area (Å²) in [6, 6.07) is 5.02. The second kappa shape index (κ2) is 6.47. The van der Waals surface area contributed by atoms with Crippen molar-refractivity contribution in [2.45, 2.75) is 12.8 Å². The number of carbonyl (C=O) groups is 2.